The summed E-state index contributed by atoms with van der Waals surface area (Å²) >= 11 is 0. The van der Waals surface area contributed by atoms with E-state index in [4.69, 9.17) is 0 Å². The van der Waals surface area contributed by atoms with Gasteiger partial charge in [0.05, 0.1) is 0 Å². The first-order valence-electron chi connectivity index (χ1n) is 6.41. The molecule has 1 aliphatic rings. The van der Waals surface area contributed by atoms with Gasteiger partial charge in [-0.05, 0) is 18.9 Å². The van der Waals surface area contributed by atoms with Gasteiger partial charge in [0.2, 0.25) is 6.39 Å². The number of rotatable bonds is 6. The van der Waals surface area contributed by atoms with Crippen LogP contribution in [0.15, 0.2) is 10.9 Å². The van der Waals surface area contributed by atoms with Crippen LogP contribution >= 0.6 is 0 Å². The van der Waals surface area contributed by atoms with Crippen LogP contribution < -0.4 is 5.32 Å². The molecule has 1 aliphatic carbocycles. The monoisotopic (exact) mass is 223 g/mol. The summed E-state index contributed by atoms with van der Waals surface area (Å²) in [4.78, 5) is 3.99. The van der Waals surface area contributed by atoms with Crippen molar-refractivity contribution in [1.82, 2.24) is 15.5 Å². The molecular formula is C12H21N3O. The Morgan fingerprint density at radius 2 is 2.12 bits per heavy atom. The van der Waals surface area contributed by atoms with Crippen LogP contribution in [0.4, 0.5) is 0 Å². The molecule has 0 aliphatic heterocycles. The molecule has 0 saturated heterocycles. The normalized spacial score (nSPS) is 17.8. The third-order valence-corrected chi connectivity index (χ3v) is 3.39. The molecule has 0 bridgehead atoms. The maximum Gasteiger partial charge on any atom is 0.213 e. The van der Waals surface area contributed by atoms with Crippen molar-refractivity contribution in [2.75, 3.05) is 13.1 Å². The zero-order chi connectivity index (χ0) is 11.1. The van der Waals surface area contributed by atoms with Gasteiger partial charge in [-0.2, -0.15) is 4.98 Å². The van der Waals surface area contributed by atoms with E-state index in [0.29, 0.717) is 0 Å². The Bertz CT molecular complexity index is 268. The van der Waals surface area contributed by atoms with Gasteiger partial charge in [-0.15, -0.1) is 0 Å². The van der Waals surface area contributed by atoms with Gasteiger partial charge in [0.25, 0.3) is 0 Å². The quantitative estimate of drug-likeness (QED) is 0.751. The smallest absolute Gasteiger partial charge is 0.213 e. The molecule has 4 nitrogen and oxygen atoms in total. The highest BCUT2D eigenvalue weighted by molar-refractivity contribution is 4.78. The molecule has 0 unspecified atom stereocenters. The number of hydrogen-bond donors (Lipinski definition) is 1. The average Bonchev–Trinajstić information content (AvgIpc) is 2.83. The number of aromatic nitrogens is 2. The summed E-state index contributed by atoms with van der Waals surface area (Å²) in [5, 5.41) is 7.23. The fraction of sp³-hybridized carbons (Fsp3) is 0.833. The van der Waals surface area contributed by atoms with Gasteiger partial charge in [0.1, 0.15) is 0 Å². The highest BCUT2D eigenvalue weighted by Gasteiger charge is 2.12. The molecule has 0 atom stereocenters. The van der Waals surface area contributed by atoms with Crippen molar-refractivity contribution in [3.63, 3.8) is 0 Å². The first kappa shape index (κ1) is 11.6. The summed E-state index contributed by atoms with van der Waals surface area (Å²) in [5.74, 6) is 1.76. The lowest BCUT2D eigenvalue weighted by molar-refractivity contribution is 0.334. The topological polar surface area (TPSA) is 51.0 Å². The van der Waals surface area contributed by atoms with Crippen molar-refractivity contribution in [2.45, 2.75) is 44.9 Å². The van der Waals surface area contributed by atoms with Gasteiger partial charge >= 0.3 is 0 Å². The molecular weight excluding hydrogens is 202 g/mol. The molecule has 16 heavy (non-hydrogen) atoms. The van der Waals surface area contributed by atoms with Crippen LogP contribution in [0.2, 0.25) is 0 Å². The molecule has 1 aromatic heterocycles. The molecule has 1 aromatic rings. The number of nitrogens with one attached hydrogen (secondary N) is 1. The predicted octanol–water partition coefficient (Wildman–Crippen LogP) is 2.17. The standard InChI is InChI=1S/C12H21N3O/c1-2-4-11(5-3-1)6-8-13-9-7-12-14-10-16-15-12/h10-11,13H,1-9H2. The van der Waals surface area contributed by atoms with Crippen LogP contribution in [0.1, 0.15) is 44.3 Å². The summed E-state index contributed by atoms with van der Waals surface area (Å²) in [6, 6.07) is 0. The van der Waals surface area contributed by atoms with Crippen molar-refractivity contribution in [3.8, 4) is 0 Å². The lowest BCUT2D eigenvalue weighted by atomic mass is 9.87. The van der Waals surface area contributed by atoms with E-state index in [-0.39, 0.29) is 0 Å². The van der Waals surface area contributed by atoms with E-state index in [2.05, 4.69) is 20.0 Å². The van der Waals surface area contributed by atoms with Gasteiger partial charge in [-0.1, -0.05) is 37.3 Å². The molecule has 0 radical (unpaired) electrons. The van der Waals surface area contributed by atoms with Crippen molar-refractivity contribution in [2.24, 2.45) is 5.92 Å². The molecule has 0 amide bonds. The Balaban J connectivity index is 1.48. The summed E-state index contributed by atoms with van der Waals surface area (Å²) in [6.45, 7) is 2.08. The van der Waals surface area contributed by atoms with E-state index in [9.17, 15) is 0 Å². The third-order valence-electron chi connectivity index (χ3n) is 3.39. The average molecular weight is 223 g/mol. The van der Waals surface area contributed by atoms with Crippen LogP contribution in [-0.2, 0) is 6.42 Å². The summed E-state index contributed by atoms with van der Waals surface area (Å²) in [6.07, 6.45) is 10.8. The lowest BCUT2D eigenvalue weighted by Gasteiger charge is -2.21. The molecule has 1 saturated carbocycles. The minimum Gasteiger partial charge on any atom is -0.343 e. The Hall–Kier alpha value is -0.900. The van der Waals surface area contributed by atoms with Crippen molar-refractivity contribution in [3.05, 3.63) is 12.2 Å². The highest BCUT2D eigenvalue weighted by atomic mass is 16.5. The van der Waals surface area contributed by atoms with Crippen LogP contribution in [0.3, 0.4) is 0 Å². The summed E-state index contributed by atoms with van der Waals surface area (Å²) in [7, 11) is 0. The fourth-order valence-corrected chi connectivity index (χ4v) is 2.41. The molecule has 1 fully saturated rings. The second-order valence-electron chi connectivity index (χ2n) is 4.64. The molecule has 2 rings (SSSR count). The van der Waals surface area contributed by atoms with Crippen LogP contribution in [0.25, 0.3) is 0 Å². The predicted molar refractivity (Wildman–Crippen MR) is 62.1 cm³/mol. The first-order valence-corrected chi connectivity index (χ1v) is 6.41. The Morgan fingerprint density at radius 1 is 1.25 bits per heavy atom. The van der Waals surface area contributed by atoms with Crippen molar-refractivity contribution in [1.29, 1.82) is 0 Å². The second-order valence-corrected chi connectivity index (χ2v) is 4.64. The Labute approximate surface area is 96.8 Å². The third kappa shape index (κ3) is 3.93. The largest absolute Gasteiger partial charge is 0.343 e. The van der Waals surface area contributed by atoms with Gasteiger partial charge in [0, 0.05) is 13.0 Å². The minimum atomic E-state index is 0.796. The molecule has 0 spiro atoms. The van der Waals surface area contributed by atoms with E-state index in [0.717, 1.165) is 31.3 Å². The maximum absolute atomic E-state index is 4.68. The van der Waals surface area contributed by atoms with Gasteiger partial charge in [-0.3, -0.25) is 0 Å². The molecule has 90 valence electrons. The van der Waals surface area contributed by atoms with E-state index < -0.39 is 0 Å². The van der Waals surface area contributed by atoms with E-state index in [1.165, 1.54) is 44.9 Å². The van der Waals surface area contributed by atoms with Gasteiger partial charge in [-0.25, -0.2) is 0 Å². The maximum atomic E-state index is 4.68. The molecule has 1 N–H and O–H groups in total. The lowest BCUT2D eigenvalue weighted by Crippen LogP contribution is -2.22. The fourth-order valence-electron chi connectivity index (χ4n) is 2.41. The Morgan fingerprint density at radius 3 is 2.88 bits per heavy atom. The zero-order valence-electron chi connectivity index (χ0n) is 9.82. The van der Waals surface area contributed by atoms with E-state index >= 15 is 0 Å². The van der Waals surface area contributed by atoms with E-state index in [1.807, 2.05) is 0 Å². The Kier molecular flexibility index (Phi) is 4.80. The molecule has 4 heteroatoms. The van der Waals surface area contributed by atoms with Gasteiger partial charge in [0.15, 0.2) is 5.82 Å². The highest BCUT2D eigenvalue weighted by Crippen LogP contribution is 2.25. The zero-order valence-corrected chi connectivity index (χ0v) is 9.82. The van der Waals surface area contributed by atoms with Crippen LogP contribution in [0, 0.1) is 5.92 Å². The number of hydrogen-bond acceptors (Lipinski definition) is 4. The van der Waals surface area contributed by atoms with Gasteiger partial charge < -0.3 is 9.84 Å². The van der Waals surface area contributed by atoms with Crippen molar-refractivity contribution >= 4 is 0 Å². The van der Waals surface area contributed by atoms with Crippen molar-refractivity contribution < 1.29 is 4.52 Å². The first-order chi connectivity index (χ1) is 7.95. The summed E-state index contributed by atoms with van der Waals surface area (Å²) in [5.41, 5.74) is 0. The van der Waals surface area contributed by atoms with E-state index in [1.54, 1.807) is 0 Å². The van der Waals surface area contributed by atoms with Crippen LogP contribution in [-0.4, -0.2) is 23.2 Å². The SMILES string of the molecule is c1nc(CCNCCC2CCCCC2)no1. The number of nitrogens with zero attached hydrogens (tertiary/aromatic N) is 2. The molecule has 0 aromatic carbocycles. The second kappa shape index (κ2) is 6.63. The molecule has 1 heterocycles. The van der Waals surface area contributed by atoms with Crippen LogP contribution in [0.5, 0.6) is 0 Å². The minimum absolute atomic E-state index is 0.796. The summed E-state index contributed by atoms with van der Waals surface area (Å²) < 4.78 is 4.68.